The number of hydrogen-bond acceptors (Lipinski definition) is 2. The number of thiophene rings is 1. The van der Waals surface area contributed by atoms with Gasteiger partial charge in [0.25, 0.3) is 5.91 Å². The molecular weight excluding hydrogens is 390 g/mol. The highest BCUT2D eigenvalue weighted by Gasteiger charge is 2.16. The van der Waals surface area contributed by atoms with E-state index in [9.17, 15) is 4.79 Å². The van der Waals surface area contributed by atoms with Gasteiger partial charge in [-0.25, -0.2) is 0 Å². The van der Waals surface area contributed by atoms with Gasteiger partial charge in [-0.3, -0.25) is 4.79 Å². The van der Waals surface area contributed by atoms with Crippen molar-refractivity contribution < 1.29 is 4.79 Å². The Kier molecular flexibility index (Phi) is 4.81. The van der Waals surface area contributed by atoms with Gasteiger partial charge in [0.15, 0.2) is 0 Å². The lowest BCUT2D eigenvalue weighted by Gasteiger charge is -2.18. The molecule has 100 valence electrons. The van der Waals surface area contributed by atoms with Gasteiger partial charge in [0.05, 0.1) is 12.1 Å². The highest BCUT2D eigenvalue weighted by atomic mass is 79.9. The number of halogens is 2. The molecule has 0 aliphatic heterocycles. The maximum absolute atomic E-state index is 12.4. The van der Waals surface area contributed by atoms with Crippen LogP contribution in [0.4, 0.5) is 0 Å². The van der Waals surface area contributed by atoms with Gasteiger partial charge < -0.3 is 4.90 Å². The Morgan fingerprint density at radius 2 is 2.05 bits per heavy atom. The van der Waals surface area contributed by atoms with Crippen LogP contribution in [0.15, 0.2) is 38.6 Å². The maximum Gasteiger partial charge on any atom is 0.255 e. The van der Waals surface area contributed by atoms with Gasteiger partial charge in [-0.15, -0.1) is 11.3 Å². The fourth-order valence-electron chi connectivity index (χ4n) is 1.72. The van der Waals surface area contributed by atoms with Gasteiger partial charge in [-0.1, -0.05) is 15.9 Å². The zero-order chi connectivity index (χ0) is 14.0. The molecule has 2 nitrogen and oxygen atoms in total. The second-order valence-corrected chi connectivity index (χ2v) is 7.08. The van der Waals surface area contributed by atoms with Crippen LogP contribution < -0.4 is 0 Å². The summed E-state index contributed by atoms with van der Waals surface area (Å²) in [7, 11) is 1.83. The summed E-state index contributed by atoms with van der Waals surface area (Å²) in [6.07, 6.45) is 0. The summed E-state index contributed by atoms with van der Waals surface area (Å²) < 4.78 is 1.76. The summed E-state index contributed by atoms with van der Waals surface area (Å²) in [5.74, 6) is 0.0205. The number of amides is 1. The molecule has 0 aliphatic carbocycles. The average Bonchev–Trinajstić information content (AvgIpc) is 2.74. The summed E-state index contributed by atoms with van der Waals surface area (Å²) in [5.41, 5.74) is 1.92. The van der Waals surface area contributed by atoms with E-state index in [0.717, 1.165) is 8.95 Å². The van der Waals surface area contributed by atoms with Crippen molar-refractivity contribution in [1.82, 2.24) is 4.90 Å². The van der Waals surface area contributed by atoms with Crippen LogP contribution in [0, 0.1) is 6.92 Å². The number of benzene rings is 1. The quantitative estimate of drug-likeness (QED) is 0.718. The number of rotatable bonds is 3. The second-order valence-electron chi connectivity index (χ2n) is 4.31. The van der Waals surface area contributed by atoms with E-state index >= 15 is 0 Å². The molecule has 0 bridgehead atoms. The van der Waals surface area contributed by atoms with Crippen LogP contribution in [0.2, 0.25) is 0 Å². The standard InChI is InChI=1S/C14H13Br2NOS/c1-9-5-6-19-13(9)8-17(2)14(18)11-4-3-10(15)7-12(11)16/h3-7H,8H2,1-2H3. The lowest BCUT2D eigenvalue weighted by atomic mass is 10.2. The summed E-state index contributed by atoms with van der Waals surface area (Å²) >= 11 is 8.50. The van der Waals surface area contributed by atoms with Crippen molar-refractivity contribution in [3.8, 4) is 0 Å². The van der Waals surface area contributed by atoms with E-state index in [0.29, 0.717) is 12.1 Å². The van der Waals surface area contributed by atoms with E-state index < -0.39 is 0 Å². The van der Waals surface area contributed by atoms with E-state index in [4.69, 9.17) is 0 Å². The number of carbonyl (C=O) groups is 1. The van der Waals surface area contributed by atoms with Crippen molar-refractivity contribution >= 4 is 49.1 Å². The van der Waals surface area contributed by atoms with Crippen LogP contribution in [0.25, 0.3) is 0 Å². The Hall–Kier alpha value is -0.650. The van der Waals surface area contributed by atoms with E-state index in [1.807, 2.05) is 25.2 Å². The molecule has 0 unspecified atom stereocenters. The Morgan fingerprint density at radius 1 is 1.32 bits per heavy atom. The molecule has 0 atom stereocenters. The Bertz CT molecular complexity index is 609. The fraction of sp³-hybridized carbons (Fsp3) is 0.214. The lowest BCUT2D eigenvalue weighted by Crippen LogP contribution is -2.26. The van der Waals surface area contributed by atoms with Crippen molar-refractivity contribution in [2.75, 3.05) is 7.05 Å². The highest BCUT2D eigenvalue weighted by molar-refractivity contribution is 9.11. The Morgan fingerprint density at radius 3 is 2.63 bits per heavy atom. The summed E-state index contributed by atoms with van der Waals surface area (Å²) in [6, 6.07) is 7.67. The van der Waals surface area contributed by atoms with Gasteiger partial charge in [-0.2, -0.15) is 0 Å². The van der Waals surface area contributed by atoms with E-state index in [1.165, 1.54) is 10.4 Å². The first kappa shape index (κ1) is 14.8. The van der Waals surface area contributed by atoms with E-state index in [-0.39, 0.29) is 5.91 Å². The third kappa shape index (κ3) is 3.46. The van der Waals surface area contributed by atoms with Crippen molar-refractivity contribution in [2.24, 2.45) is 0 Å². The van der Waals surface area contributed by atoms with Gasteiger partial charge in [0.1, 0.15) is 0 Å². The molecule has 1 heterocycles. The highest BCUT2D eigenvalue weighted by Crippen LogP contribution is 2.24. The monoisotopic (exact) mass is 401 g/mol. The van der Waals surface area contributed by atoms with Crippen molar-refractivity contribution in [1.29, 1.82) is 0 Å². The van der Waals surface area contributed by atoms with Crippen molar-refractivity contribution in [2.45, 2.75) is 13.5 Å². The molecule has 0 spiro atoms. The largest absolute Gasteiger partial charge is 0.337 e. The van der Waals surface area contributed by atoms with Crippen LogP contribution in [0.3, 0.4) is 0 Å². The normalized spacial score (nSPS) is 10.5. The van der Waals surface area contributed by atoms with Crippen LogP contribution >= 0.6 is 43.2 Å². The number of aryl methyl sites for hydroxylation is 1. The summed E-state index contributed by atoms with van der Waals surface area (Å²) in [5, 5.41) is 2.05. The third-order valence-corrected chi connectivity index (χ3v) is 5.01. The molecular formula is C14H13Br2NOS. The molecule has 0 radical (unpaired) electrons. The minimum atomic E-state index is 0.0205. The van der Waals surface area contributed by atoms with Crippen LogP contribution in [0.1, 0.15) is 20.8 Å². The SMILES string of the molecule is Cc1ccsc1CN(C)C(=O)c1ccc(Br)cc1Br. The molecule has 19 heavy (non-hydrogen) atoms. The number of carbonyl (C=O) groups excluding carboxylic acids is 1. The maximum atomic E-state index is 12.4. The van der Waals surface area contributed by atoms with Gasteiger partial charge >= 0.3 is 0 Å². The summed E-state index contributed by atoms with van der Waals surface area (Å²) in [6.45, 7) is 2.71. The van der Waals surface area contributed by atoms with E-state index in [1.54, 1.807) is 16.2 Å². The lowest BCUT2D eigenvalue weighted by molar-refractivity contribution is 0.0785. The fourth-order valence-corrected chi connectivity index (χ4v) is 3.90. The molecule has 1 aromatic heterocycles. The molecule has 0 N–H and O–H groups in total. The summed E-state index contributed by atoms with van der Waals surface area (Å²) in [4.78, 5) is 15.4. The van der Waals surface area contributed by atoms with Crippen LogP contribution in [-0.4, -0.2) is 17.9 Å². The molecule has 0 aliphatic rings. The molecule has 0 saturated carbocycles. The van der Waals surface area contributed by atoms with Gasteiger partial charge in [-0.05, 0) is 58.1 Å². The molecule has 2 rings (SSSR count). The smallest absolute Gasteiger partial charge is 0.255 e. The average molecular weight is 403 g/mol. The third-order valence-electron chi connectivity index (χ3n) is 2.86. The number of nitrogens with zero attached hydrogens (tertiary/aromatic N) is 1. The zero-order valence-electron chi connectivity index (χ0n) is 10.6. The first-order valence-corrected chi connectivity index (χ1v) is 8.19. The van der Waals surface area contributed by atoms with Gasteiger partial charge in [0.2, 0.25) is 0 Å². The molecule has 5 heteroatoms. The Balaban J connectivity index is 2.17. The predicted molar refractivity (Wildman–Crippen MR) is 86.7 cm³/mol. The van der Waals surface area contributed by atoms with Crippen LogP contribution in [0.5, 0.6) is 0 Å². The molecule has 1 amide bonds. The first-order valence-electron chi connectivity index (χ1n) is 5.72. The van der Waals surface area contributed by atoms with Crippen molar-refractivity contribution in [3.05, 3.63) is 54.6 Å². The predicted octanol–water partition coefficient (Wildman–Crippen LogP) is 4.85. The Labute approximate surface area is 133 Å². The minimum absolute atomic E-state index is 0.0205. The molecule has 1 aromatic carbocycles. The zero-order valence-corrected chi connectivity index (χ0v) is 14.6. The number of hydrogen-bond donors (Lipinski definition) is 0. The van der Waals surface area contributed by atoms with Crippen LogP contribution in [-0.2, 0) is 6.54 Å². The molecule has 2 aromatic rings. The molecule has 0 fully saturated rings. The molecule has 0 saturated heterocycles. The van der Waals surface area contributed by atoms with Gasteiger partial charge in [0, 0.05) is 20.9 Å². The van der Waals surface area contributed by atoms with E-state index in [2.05, 4.69) is 50.2 Å². The first-order chi connectivity index (χ1) is 8.99. The minimum Gasteiger partial charge on any atom is -0.337 e. The van der Waals surface area contributed by atoms with Crippen molar-refractivity contribution in [3.63, 3.8) is 0 Å². The second kappa shape index (κ2) is 6.20. The topological polar surface area (TPSA) is 20.3 Å².